The van der Waals surface area contributed by atoms with E-state index in [2.05, 4.69) is 0 Å². The van der Waals surface area contributed by atoms with Crippen LogP contribution in [0.4, 0.5) is 0 Å². The lowest BCUT2D eigenvalue weighted by molar-refractivity contribution is 0.282. The van der Waals surface area contributed by atoms with Crippen LogP contribution >= 0.6 is 11.8 Å². The van der Waals surface area contributed by atoms with Crippen LogP contribution in [-0.2, 0) is 12.4 Å². The standard InChI is InChI=1S/C13H14O2S/c1-10-2-5-12(15-10)9-16-13-6-3-11(8-14)4-7-13/h2-7,14H,8-9H2,1H3. The van der Waals surface area contributed by atoms with Crippen molar-refractivity contribution in [3.63, 3.8) is 0 Å². The van der Waals surface area contributed by atoms with E-state index in [1.807, 2.05) is 43.3 Å². The van der Waals surface area contributed by atoms with Crippen LogP contribution in [-0.4, -0.2) is 5.11 Å². The van der Waals surface area contributed by atoms with Crippen molar-refractivity contribution < 1.29 is 9.52 Å². The highest BCUT2D eigenvalue weighted by Crippen LogP contribution is 2.23. The Morgan fingerprint density at radius 2 is 1.88 bits per heavy atom. The molecule has 0 aliphatic rings. The molecule has 0 saturated heterocycles. The van der Waals surface area contributed by atoms with Gasteiger partial charge in [-0.1, -0.05) is 12.1 Å². The lowest BCUT2D eigenvalue weighted by atomic mass is 10.2. The molecule has 0 radical (unpaired) electrons. The largest absolute Gasteiger partial charge is 0.465 e. The molecule has 0 amide bonds. The van der Waals surface area contributed by atoms with Gasteiger partial charge < -0.3 is 9.52 Å². The Labute approximate surface area is 99.3 Å². The highest BCUT2D eigenvalue weighted by Gasteiger charge is 2.00. The molecule has 2 rings (SSSR count). The second-order valence-corrected chi connectivity index (χ2v) is 4.65. The van der Waals surface area contributed by atoms with E-state index in [4.69, 9.17) is 9.52 Å². The van der Waals surface area contributed by atoms with Crippen LogP contribution < -0.4 is 0 Å². The summed E-state index contributed by atoms with van der Waals surface area (Å²) >= 11 is 1.73. The minimum Gasteiger partial charge on any atom is -0.465 e. The van der Waals surface area contributed by atoms with Crippen molar-refractivity contribution in [2.75, 3.05) is 0 Å². The van der Waals surface area contributed by atoms with Gasteiger partial charge in [0, 0.05) is 4.90 Å². The average molecular weight is 234 g/mol. The Morgan fingerprint density at radius 3 is 2.44 bits per heavy atom. The molecule has 1 aromatic carbocycles. The lowest BCUT2D eigenvalue weighted by Gasteiger charge is -2.00. The van der Waals surface area contributed by atoms with Crippen LogP contribution in [0.5, 0.6) is 0 Å². The van der Waals surface area contributed by atoms with Crippen LogP contribution in [0.15, 0.2) is 45.7 Å². The molecule has 0 fully saturated rings. The van der Waals surface area contributed by atoms with E-state index in [1.54, 1.807) is 11.8 Å². The molecule has 0 unspecified atom stereocenters. The molecule has 0 atom stereocenters. The van der Waals surface area contributed by atoms with Gasteiger partial charge in [-0.25, -0.2) is 0 Å². The summed E-state index contributed by atoms with van der Waals surface area (Å²) in [5.41, 5.74) is 0.943. The summed E-state index contributed by atoms with van der Waals surface area (Å²) in [5, 5.41) is 8.92. The van der Waals surface area contributed by atoms with Crippen LogP contribution in [0, 0.1) is 6.92 Å². The summed E-state index contributed by atoms with van der Waals surface area (Å²) in [6.45, 7) is 2.05. The quantitative estimate of drug-likeness (QED) is 0.823. The Morgan fingerprint density at radius 1 is 1.12 bits per heavy atom. The van der Waals surface area contributed by atoms with E-state index in [9.17, 15) is 0 Å². The molecule has 2 nitrogen and oxygen atoms in total. The fraction of sp³-hybridized carbons (Fsp3) is 0.231. The van der Waals surface area contributed by atoms with Crippen molar-refractivity contribution in [2.24, 2.45) is 0 Å². The highest BCUT2D eigenvalue weighted by molar-refractivity contribution is 7.98. The van der Waals surface area contributed by atoms with Crippen LogP contribution in [0.1, 0.15) is 17.1 Å². The average Bonchev–Trinajstić information content (AvgIpc) is 2.73. The Kier molecular flexibility index (Phi) is 3.70. The smallest absolute Gasteiger partial charge is 0.114 e. The van der Waals surface area contributed by atoms with Crippen LogP contribution in [0.2, 0.25) is 0 Å². The molecule has 3 heteroatoms. The third-order valence-corrected chi connectivity index (χ3v) is 3.32. The fourth-order valence-electron chi connectivity index (χ4n) is 1.41. The first-order chi connectivity index (χ1) is 7.78. The first kappa shape index (κ1) is 11.3. The van der Waals surface area contributed by atoms with Gasteiger partial charge in [0.05, 0.1) is 12.4 Å². The topological polar surface area (TPSA) is 33.4 Å². The zero-order valence-electron chi connectivity index (χ0n) is 9.14. The highest BCUT2D eigenvalue weighted by atomic mass is 32.2. The number of rotatable bonds is 4. The summed E-state index contributed by atoms with van der Waals surface area (Å²) in [5.74, 6) is 2.78. The zero-order valence-corrected chi connectivity index (χ0v) is 9.96. The van der Waals surface area contributed by atoms with E-state index in [1.165, 1.54) is 4.90 Å². The molecule has 0 saturated carbocycles. The molecule has 0 spiro atoms. The van der Waals surface area contributed by atoms with E-state index in [0.29, 0.717) is 0 Å². The van der Waals surface area contributed by atoms with E-state index >= 15 is 0 Å². The molecule has 16 heavy (non-hydrogen) atoms. The molecule has 0 aliphatic heterocycles. The number of aliphatic hydroxyl groups excluding tert-OH is 1. The summed E-state index contributed by atoms with van der Waals surface area (Å²) < 4.78 is 5.49. The number of hydrogen-bond donors (Lipinski definition) is 1. The molecular formula is C13H14O2S. The van der Waals surface area contributed by atoms with Gasteiger partial charge in [-0.05, 0) is 36.8 Å². The van der Waals surface area contributed by atoms with Crippen molar-refractivity contribution in [3.05, 3.63) is 53.5 Å². The Bertz CT molecular complexity index is 445. The van der Waals surface area contributed by atoms with E-state index in [0.717, 1.165) is 22.8 Å². The van der Waals surface area contributed by atoms with Gasteiger partial charge in [-0.15, -0.1) is 11.8 Å². The minimum atomic E-state index is 0.0995. The summed E-state index contributed by atoms with van der Waals surface area (Å²) in [7, 11) is 0. The number of benzene rings is 1. The Hall–Kier alpha value is -1.19. The van der Waals surface area contributed by atoms with E-state index in [-0.39, 0.29) is 6.61 Å². The number of furan rings is 1. The van der Waals surface area contributed by atoms with Gasteiger partial charge in [0.15, 0.2) is 0 Å². The molecule has 0 aliphatic carbocycles. The lowest BCUT2D eigenvalue weighted by Crippen LogP contribution is -1.82. The predicted molar refractivity (Wildman–Crippen MR) is 65.4 cm³/mol. The van der Waals surface area contributed by atoms with Gasteiger partial charge in [-0.2, -0.15) is 0 Å². The Balaban J connectivity index is 1.94. The van der Waals surface area contributed by atoms with Crippen molar-refractivity contribution in [1.29, 1.82) is 0 Å². The number of aryl methyl sites for hydroxylation is 1. The molecule has 2 aromatic rings. The first-order valence-electron chi connectivity index (χ1n) is 5.16. The van der Waals surface area contributed by atoms with Crippen LogP contribution in [0.25, 0.3) is 0 Å². The maximum atomic E-state index is 8.92. The predicted octanol–water partition coefficient (Wildman–Crippen LogP) is 3.37. The van der Waals surface area contributed by atoms with Crippen molar-refractivity contribution in [1.82, 2.24) is 0 Å². The van der Waals surface area contributed by atoms with Gasteiger partial charge in [0.1, 0.15) is 11.5 Å². The van der Waals surface area contributed by atoms with Gasteiger partial charge in [0.25, 0.3) is 0 Å². The van der Waals surface area contributed by atoms with Gasteiger partial charge in [-0.3, -0.25) is 0 Å². The van der Waals surface area contributed by atoms with E-state index < -0.39 is 0 Å². The normalized spacial score (nSPS) is 10.6. The minimum absolute atomic E-state index is 0.0995. The van der Waals surface area contributed by atoms with Crippen LogP contribution in [0.3, 0.4) is 0 Å². The van der Waals surface area contributed by atoms with Gasteiger partial charge in [0.2, 0.25) is 0 Å². The number of aliphatic hydroxyl groups is 1. The summed E-state index contributed by atoms with van der Waals surface area (Å²) in [6, 6.07) is 11.9. The second kappa shape index (κ2) is 5.23. The monoisotopic (exact) mass is 234 g/mol. The zero-order chi connectivity index (χ0) is 11.4. The number of thioether (sulfide) groups is 1. The first-order valence-corrected chi connectivity index (χ1v) is 6.14. The van der Waals surface area contributed by atoms with Gasteiger partial charge >= 0.3 is 0 Å². The molecule has 1 heterocycles. The third-order valence-electron chi connectivity index (χ3n) is 2.28. The maximum Gasteiger partial charge on any atom is 0.114 e. The summed E-state index contributed by atoms with van der Waals surface area (Å²) in [4.78, 5) is 1.19. The van der Waals surface area contributed by atoms with Crippen molar-refractivity contribution in [2.45, 2.75) is 24.2 Å². The van der Waals surface area contributed by atoms with Crippen molar-refractivity contribution in [3.8, 4) is 0 Å². The molecule has 0 bridgehead atoms. The second-order valence-electron chi connectivity index (χ2n) is 3.60. The molecule has 84 valence electrons. The van der Waals surface area contributed by atoms with Crippen molar-refractivity contribution >= 4 is 11.8 Å². The molecular weight excluding hydrogens is 220 g/mol. The molecule has 1 aromatic heterocycles. The fourth-order valence-corrected chi connectivity index (χ4v) is 2.20. The SMILES string of the molecule is Cc1ccc(CSc2ccc(CO)cc2)o1. The summed E-state index contributed by atoms with van der Waals surface area (Å²) in [6.07, 6.45) is 0. The third kappa shape index (κ3) is 2.90. The number of hydrogen-bond acceptors (Lipinski definition) is 3. The maximum absolute atomic E-state index is 8.92. The molecule has 1 N–H and O–H groups in total.